The summed E-state index contributed by atoms with van der Waals surface area (Å²) < 4.78 is 0. The van der Waals surface area contributed by atoms with E-state index < -0.39 is 0 Å². The Morgan fingerprint density at radius 2 is 1.42 bits per heavy atom. The fraction of sp³-hybridized carbons (Fsp3) is 0. The molecule has 0 fully saturated rings. The molecule has 0 saturated carbocycles. The highest BCUT2D eigenvalue weighted by Gasteiger charge is 2.14. The highest BCUT2D eigenvalue weighted by atomic mass is 16.3. The Labute approximate surface area is 112 Å². The Bertz CT molecular complexity index is 661. The fourth-order valence-electron chi connectivity index (χ4n) is 2.25. The first-order valence-corrected chi connectivity index (χ1v) is 6.29. The summed E-state index contributed by atoms with van der Waals surface area (Å²) in [5, 5.41) is 10.4. The van der Waals surface area contributed by atoms with Crippen molar-refractivity contribution in [1.82, 2.24) is 0 Å². The molecule has 1 heteroatoms. The van der Waals surface area contributed by atoms with Gasteiger partial charge in [-0.3, -0.25) is 0 Å². The minimum atomic E-state index is 0.324. The van der Waals surface area contributed by atoms with E-state index >= 15 is 0 Å². The number of hydrogen-bond acceptors (Lipinski definition) is 1. The standard InChI is InChI=1S/C18H14O/c19-18(15-10-5-2-6-11-15)17-13-7-12-16(17)14-8-3-1-4-9-14/h1-13,19H/b18-17+. The van der Waals surface area contributed by atoms with Crippen molar-refractivity contribution in [3.05, 3.63) is 95.6 Å². The number of aliphatic hydroxyl groups excluding tert-OH is 1. The largest absolute Gasteiger partial charge is 0.507 e. The maximum Gasteiger partial charge on any atom is 0.130 e. The van der Waals surface area contributed by atoms with E-state index in [0.717, 1.165) is 22.3 Å². The van der Waals surface area contributed by atoms with Crippen LogP contribution in [-0.4, -0.2) is 5.11 Å². The van der Waals surface area contributed by atoms with Crippen molar-refractivity contribution >= 4 is 11.3 Å². The molecule has 3 rings (SSSR count). The van der Waals surface area contributed by atoms with Crippen LogP contribution >= 0.6 is 0 Å². The highest BCUT2D eigenvalue weighted by molar-refractivity contribution is 5.93. The van der Waals surface area contributed by atoms with E-state index in [9.17, 15) is 5.11 Å². The van der Waals surface area contributed by atoms with Crippen molar-refractivity contribution in [3.8, 4) is 0 Å². The molecular weight excluding hydrogens is 232 g/mol. The average molecular weight is 246 g/mol. The van der Waals surface area contributed by atoms with Gasteiger partial charge < -0.3 is 5.11 Å². The first kappa shape index (κ1) is 11.5. The van der Waals surface area contributed by atoms with Crippen LogP contribution in [0.4, 0.5) is 0 Å². The third kappa shape index (κ3) is 2.23. The van der Waals surface area contributed by atoms with Crippen LogP contribution in [0.2, 0.25) is 0 Å². The van der Waals surface area contributed by atoms with Gasteiger partial charge in [-0.1, -0.05) is 78.9 Å². The van der Waals surface area contributed by atoms with Crippen LogP contribution in [0.5, 0.6) is 0 Å². The van der Waals surface area contributed by atoms with E-state index in [1.54, 1.807) is 0 Å². The van der Waals surface area contributed by atoms with E-state index in [2.05, 4.69) is 12.1 Å². The molecule has 0 amide bonds. The molecule has 1 nitrogen and oxygen atoms in total. The van der Waals surface area contributed by atoms with Crippen LogP contribution < -0.4 is 0 Å². The molecule has 1 N–H and O–H groups in total. The fourth-order valence-corrected chi connectivity index (χ4v) is 2.25. The normalized spacial score (nSPS) is 16.3. The monoisotopic (exact) mass is 246 g/mol. The molecule has 92 valence electrons. The molecule has 0 unspecified atom stereocenters. The topological polar surface area (TPSA) is 20.2 Å². The van der Waals surface area contributed by atoms with Crippen LogP contribution in [0.25, 0.3) is 11.3 Å². The Balaban J connectivity index is 2.06. The van der Waals surface area contributed by atoms with Crippen LogP contribution in [-0.2, 0) is 0 Å². The molecule has 19 heavy (non-hydrogen) atoms. The second kappa shape index (κ2) is 4.99. The molecule has 2 aromatic rings. The molecule has 1 aliphatic rings. The lowest BCUT2D eigenvalue weighted by Crippen LogP contribution is -1.91. The highest BCUT2D eigenvalue weighted by Crippen LogP contribution is 2.33. The summed E-state index contributed by atoms with van der Waals surface area (Å²) in [6, 6.07) is 19.7. The second-order valence-corrected chi connectivity index (χ2v) is 4.43. The van der Waals surface area contributed by atoms with Crippen molar-refractivity contribution in [2.75, 3.05) is 0 Å². The van der Waals surface area contributed by atoms with Crippen LogP contribution in [0.1, 0.15) is 11.1 Å². The van der Waals surface area contributed by atoms with E-state index in [0.29, 0.717) is 5.76 Å². The first-order valence-electron chi connectivity index (χ1n) is 6.29. The summed E-state index contributed by atoms with van der Waals surface area (Å²) in [6.45, 7) is 0. The van der Waals surface area contributed by atoms with E-state index in [1.807, 2.05) is 66.8 Å². The Morgan fingerprint density at radius 3 is 2.11 bits per heavy atom. The maximum absolute atomic E-state index is 10.4. The van der Waals surface area contributed by atoms with E-state index in [-0.39, 0.29) is 0 Å². The molecule has 0 saturated heterocycles. The lowest BCUT2D eigenvalue weighted by Gasteiger charge is -2.09. The molecule has 0 aliphatic heterocycles. The molecule has 0 heterocycles. The third-order valence-electron chi connectivity index (χ3n) is 3.20. The minimum Gasteiger partial charge on any atom is -0.507 e. The molecule has 0 aromatic heterocycles. The Morgan fingerprint density at radius 1 is 0.789 bits per heavy atom. The van der Waals surface area contributed by atoms with Gasteiger partial charge in [-0.15, -0.1) is 0 Å². The van der Waals surface area contributed by atoms with Crippen molar-refractivity contribution < 1.29 is 5.11 Å². The van der Waals surface area contributed by atoms with E-state index in [1.165, 1.54) is 0 Å². The summed E-state index contributed by atoms with van der Waals surface area (Å²) in [5.41, 5.74) is 3.88. The van der Waals surface area contributed by atoms with Gasteiger partial charge in [0.2, 0.25) is 0 Å². The Kier molecular flexibility index (Phi) is 3.03. The van der Waals surface area contributed by atoms with Crippen molar-refractivity contribution in [2.24, 2.45) is 0 Å². The van der Waals surface area contributed by atoms with Crippen molar-refractivity contribution in [1.29, 1.82) is 0 Å². The van der Waals surface area contributed by atoms with Gasteiger partial charge in [0.05, 0.1) is 0 Å². The summed E-state index contributed by atoms with van der Waals surface area (Å²) >= 11 is 0. The molecule has 0 bridgehead atoms. The molecule has 0 radical (unpaired) electrons. The van der Waals surface area contributed by atoms with Crippen LogP contribution in [0.3, 0.4) is 0 Å². The summed E-state index contributed by atoms with van der Waals surface area (Å²) in [4.78, 5) is 0. The number of hydrogen-bond donors (Lipinski definition) is 1. The number of allylic oxidation sites excluding steroid dienone is 5. The van der Waals surface area contributed by atoms with Crippen LogP contribution in [0.15, 0.2) is 84.5 Å². The first-order chi connectivity index (χ1) is 9.36. The smallest absolute Gasteiger partial charge is 0.130 e. The molecule has 0 spiro atoms. The van der Waals surface area contributed by atoms with Gasteiger partial charge in [0, 0.05) is 11.1 Å². The molecule has 2 aromatic carbocycles. The predicted octanol–water partition coefficient (Wildman–Crippen LogP) is 4.61. The van der Waals surface area contributed by atoms with Gasteiger partial charge in [-0.25, -0.2) is 0 Å². The lowest BCUT2D eigenvalue weighted by atomic mass is 9.97. The zero-order valence-corrected chi connectivity index (χ0v) is 10.5. The van der Waals surface area contributed by atoms with Gasteiger partial charge in [-0.2, -0.15) is 0 Å². The van der Waals surface area contributed by atoms with Crippen molar-refractivity contribution in [3.63, 3.8) is 0 Å². The van der Waals surface area contributed by atoms with Gasteiger partial charge in [0.25, 0.3) is 0 Å². The third-order valence-corrected chi connectivity index (χ3v) is 3.20. The van der Waals surface area contributed by atoms with Crippen LogP contribution in [0, 0.1) is 0 Å². The summed E-state index contributed by atoms with van der Waals surface area (Å²) in [5.74, 6) is 0.324. The SMILES string of the molecule is O/C(=C1\C=CC=C1c1ccccc1)c1ccccc1. The second-order valence-electron chi connectivity index (χ2n) is 4.43. The number of benzene rings is 2. The van der Waals surface area contributed by atoms with Gasteiger partial charge in [-0.05, 0) is 11.1 Å². The Hall–Kier alpha value is -2.54. The molecule has 1 aliphatic carbocycles. The zero-order chi connectivity index (χ0) is 13.1. The van der Waals surface area contributed by atoms with Gasteiger partial charge >= 0.3 is 0 Å². The minimum absolute atomic E-state index is 0.324. The molecular formula is C18H14O. The van der Waals surface area contributed by atoms with Gasteiger partial charge in [0.15, 0.2) is 0 Å². The quantitative estimate of drug-likeness (QED) is 0.767. The number of rotatable bonds is 2. The van der Waals surface area contributed by atoms with Gasteiger partial charge in [0.1, 0.15) is 5.76 Å². The predicted molar refractivity (Wildman–Crippen MR) is 79.5 cm³/mol. The maximum atomic E-state index is 10.4. The summed E-state index contributed by atoms with van der Waals surface area (Å²) in [6.07, 6.45) is 5.95. The van der Waals surface area contributed by atoms with Crippen molar-refractivity contribution in [2.45, 2.75) is 0 Å². The summed E-state index contributed by atoms with van der Waals surface area (Å²) in [7, 11) is 0. The average Bonchev–Trinajstić information content (AvgIpc) is 2.98. The lowest BCUT2D eigenvalue weighted by molar-refractivity contribution is 0.510. The number of aliphatic hydroxyl groups is 1. The van der Waals surface area contributed by atoms with E-state index in [4.69, 9.17) is 0 Å². The molecule has 0 atom stereocenters. The zero-order valence-electron chi connectivity index (χ0n) is 10.5.